The highest BCUT2D eigenvalue weighted by Crippen LogP contribution is 2.36. The molecule has 7 heteroatoms. The van der Waals surface area contributed by atoms with Crippen LogP contribution in [0.4, 0.5) is 13.2 Å². The predicted octanol–water partition coefficient (Wildman–Crippen LogP) is 2.65. The van der Waals surface area contributed by atoms with Crippen LogP contribution in [-0.2, 0) is 13.2 Å². The fraction of sp³-hybridized carbons (Fsp3) is 0.222. The molecule has 2 aromatic rings. The van der Waals surface area contributed by atoms with Crippen LogP contribution >= 0.6 is 15.9 Å². The molecule has 0 aliphatic carbocycles. The Balaban J connectivity index is 2.84. The van der Waals surface area contributed by atoms with Crippen molar-refractivity contribution < 1.29 is 13.2 Å². The monoisotopic (exact) mass is 294 g/mol. The fourth-order valence-electron chi connectivity index (χ4n) is 1.47. The van der Waals surface area contributed by atoms with Crippen molar-refractivity contribution >= 4 is 27.0 Å². The van der Waals surface area contributed by atoms with Gasteiger partial charge in [0.05, 0.1) is 16.6 Å². The summed E-state index contributed by atoms with van der Waals surface area (Å²) < 4.78 is 38.8. The Morgan fingerprint density at radius 3 is 2.56 bits per heavy atom. The van der Waals surface area contributed by atoms with Crippen molar-refractivity contribution in [2.24, 2.45) is 7.05 Å². The Bertz CT molecular complexity index is 611. The van der Waals surface area contributed by atoms with Crippen molar-refractivity contribution in [3.05, 3.63) is 32.7 Å². The smallest absolute Gasteiger partial charge is 0.306 e. The van der Waals surface area contributed by atoms with Gasteiger partial charge in [-0.1, -0.05) is 15.9 Å². The topological polar surface area (TPSA) is 37.8 Å². The molecule has 0 atom stereocenters. The lowest BCUT2D eigenvalue weighted by atomic mass is 10.2. The largest absolute Gasteiger partial charge is 0.417 e. The SMILES string of the molecule is Cn1c(=O)[nH]c2cc(Br)c(C(F)(F)F)cc21. The molecule has 1 aromatic heterocycles. The van der Waals surface area contributed by atoms with Gasteiger partial charge in [0, 0.05) is 11.5 Å². The molecule has 16 heavy (non-hydrogen) atoms. The molecule has 86 valence electrons. The number of imidazole rings is 1. The highest BCUT2D eigenvalue weighted by molar-refractivity contribution is 9.10. The molecule has 0 bridgehead atoms. The van der Waals surface area contributed by atoms with Crippen LogP contribution in [0.2, 0.25) is 0 Å². The summed E-state index contributed by atoms with van der Waals surface area (Å²) in [4.78, 5) is 13.7. The van der Waals surface area contributed by atoms with Gasteiger partial charge in [-0.15, -0.1) is 0 Å². The molecule has 0 aliphatic heterocycles. The summed E-state index contributed by atoms with van der Waals surface area (Å²) in [5.74, 6) is 0. The molecule has 0 fully saturated rings. The number of nitrogens with zero attached hydrogens (tertiary/aromatic N) is 1. The van der Waals surface area contributed by atoms with Crippen LogP contribution in [-0.4, -0.2) is 9.55 Å². The van der Waals surface area contributed by atoms with E-state index in [4.69, 9.17) is 0 Å². The molecule has 0 saturated heterocycles. The van der Waals surface area contributed by atoms with E-state index in [9.17, 15) is 18.0 Å². The van der Waals surface area contributed by atoms with Crippen molar-refractivity contribution in [1.82, 2.24) is 9.55 Å². The first-order valence-corrected chi connectivity index (χ1v) is 5.05. The zero-order valence-electron chi connectivity index (χ0n) is 8.02. The molecule has 0 amide bonds. The predicted molar refractivity (Wildman–Crippen MR) is 56.2 cm³/mol. The van der Waals surface area contributed by atoms with Gasteiger partial charge in [-0.05, 0) is 12.1 Å². The van der Waals surface area contributed by atoms with E-state index in [1.54, 1.807) is 0 Å². The Labute approximate surface area is 96.0 Å². The highest BCUT2D eigenvalue weighted by Gasteiger charge is 2.33. The van der Waals surface area contributed by atoms with Crippen molar-refractivity contribution in [2.45, 2.75) is 6.18 Å². The number of rotatable bonds is 0. The highest BCUT2D eigenvalue weighted by atomic mass is 79.9. The van der Waals surface area contributed by atoms with Gasteiger partial charge in [0.25, 0.3) is 0 Å². The number of hydrogen-bond acceptors (Lipinski definition) is 1. The van der Waals surface area contributed by atoms with E-state index in [1.165, 1.54) is 13.1 Å². The Morgan fingerprint density at radius 2 is 2.00 bits per heavy atom. The fourth-order valence-corrected chi connectivity index (χ4v) is 2.03. The lowest BCUT2D eigenvalue weighted by Gasteiger charge is -2.09. The molecule has 0 aliphatic rings. The lowest BCUT2D eigenvalue weighted by molar-refractivity contribution is -0.138. The van der Waals surface area contributed by atoms with E-state index in [0.717, 1.165) is 10.6 Å². The van der Waals surface area contributed by atoms with Crippen molar-refractivity contribution in [3.63, 3.8) is 0 Å². The zero-order valence-corrected chi connectivity index (χ0v) is 9.61. The molecule has 3 nitrogen and oxygen atoms in total. The Kier molecular flexibility index (Phi) is 2.37. The number of nitrogens with one attached hydrogen (secondary N) is 1. The van der Waals surface area contributed by atoms with Crippen LogP contribution in [0.1, 0.15) is 5.56 Å². The van der Waals surface area contributed by atoms with Gasteiger partial charge in [-0.3, -0.25) is 4.57 Å². The van der Waals surface area contributed by atoms with Crippen LogP contribution in [0.25, 0.3) is 11.0 Å². The molecule has 0 saturated carbocycles. The first-order valence-electron chi connectivity index (χ1n) is 4.26. The minimum atomic E-state index is -4.44. The number of H-pyrrole nitrogens is 1. The summed E-state index contributed by atoms with van der Waals surface area (Å²) in [5, 5.41) is 0. The quantitative estimate of drug-likeness (QED) is 0.797. The molecular weight excluding hydrogens is 289 g/mol. The van der Waals surface area contributed by atoms with E-state index in [2.05, 4.69) is 20.9 Å². The van der Waals surface area contributed by atoms with E-state index in [-0.39, 0.29) is 9.99 Å². The minimum Gasteiger partial charge on any atom is -0.306 e. The van der Waals surface area contributed by atoms with Gasteiger partial charge in [0.15, 0.2) is 0 Å². The molecule has 1 N–H and O–H groups in total. The molecule has 0 radical (unpaired) electrons. The van der Waals surface area contributed by atoms with Crippen LogP contribution < -0.4 is 5.69 Å². The second-order valence-corrected chi connectivity index (χ2v) is 4.19. The molecule has 1 aromatic carbocycles. The average Bonchev–Trinajstić information content (AvgIpc) is 2.39. The number of fused-ring (bicyclic) bond motifs is 1. The lowest BCUT2D eigenvalue weighted by Crippen LogP contribution is -2.12. The van der Waals surface area contributed by atoms with Gasteiger partial charge in [-0.25, -0.2) is 4.79 Å². The molecule has 0 unspecified atom stereocenters. The summed E-state index contributed by atoms with van der Waals surface area (Å²) in [5.41, 5.74) is -0.649. The van der Waals surface area contributed by atoms with Gasteiger partial charge in [-0.2, -0.15) is 13.2 Å². The van der Waals surface area contributed by atoms with Gasteiger partial charge in [0.1, 0.15) is 0 Å². The summed E-state index contributed by atoms with van der Waals surface area (Å²) in [7, 11) is 1.41. The van der Waals surface area contributed by atoms with Gasteiger partial charge < -0.3 is 4.98 Å². The van der Waals surface area contributed by atoms with Crippen LogP contribution in [0.3, 0.4) is 0 Å². The summed E-state index contributed by atoms with van der Waals surface area (Å²) in [6, 6.07) is 2.19. The molecule has 0 spiro atoms. The summed E-state index contributed by atoms with van der Waals surface area (Å²) in [6.45, 7) is 0. The van der Waals surface area contributed by atoms with Crippen molar-refractivity contribution in [1.29, 1.82) is 0 Å². The van der Waals surface area contributed by atoms with E-state index in [0.29, 0.717) is 5.52 Å². The zero-order chi connectivity index (χ0) is 12.1. The van der Waals surface area contributed by atoms with Crippen molar-refractivity contribution in [3.8, 4) is 0 Å². The second kappa shape index (κ2) is 3.38. The number of aromatic amines is 1. The first-order chi connectivity index (χ1) is 7.30. The third kappa shape index (κ3) is 1.64. The first kappa shape index (κ1) is 11.3. The number of halogens is 4. The third-order valence-corrected chi connectivity index (χ3v) is 2.95. The number of alkyl halides is 3. The molecule has 1 heterocycles. The maximum Gasteiger partial charge on any atom is 0.417 e. The van der Waals surface area contributed by atoms with Crippen molar-refractivity contribution in [2.75, 3.05) is 0 Å². The maximum atomic E-state index is 12.6. The number of aromatic nitrogens is 2. The minimum absolute atomic E-state index is 0.0886. The average molecular weight is 295 g/mol. The number of aryl methyl sites for hydroxylation is 1. The molecular formula is C9H6BrF3N2O. The van der Waals surface area contributed by atoms with E-state index >= 15 is 0 Å². The van der Waals surface area contributed by atoms with E-state index < -0.39 is 17.4 Å². The normalized spacial score (nSPS) is 12.3. The number of benzene rings is 1. The molecule has 2 rings (SSSR count). The van der Waals surface area contributed by atoms with Gasteiger partial charge >= 0.3 is 11.9 Å². The van der Waals surface area contributed by atoms with Crippen LogP contribution in [0, 0.1) is 0 Å². The second-order valence-electron chi connectivity index (χ2n) is 3.34. The third-order valence-electron chi connectivity index (χ3n) is 2.30. The van der Waals surface area contributed by atoms with Crippen LogP contribution in [0.15, 0.2) is 21.4 Å². The Hall–Kier alpha value is -1.24. The standard InChI is InChI=1S/C9H6BrF3N2O/c1-15-7-2-4(9(11,12)13)5(10)3-6(7)14-8(15)16/h2-3H,1H3,(H,14,16). The Morgan fingerprint density at radius 1 is 1.38 bits per heavy atom. The van der Waals surface area contributed by atoms with Crippen LogP contribution in [0.5, 0.6) is 0 Å². The summed E-state index contributed by atoms with van der Waals surface area (Å²) >= 11 is 2.84. The number of hydrogen-bond donors (Lipinski definition) is 1. The van der Waals surface area contributed by atoms with Gasteiger partial charge in [0.2, 0.25) is 0 Å². The van der Waals surface area contributed by atoms with E-state index in [1.807, 2.05) is 0 Å². The maximum absolute atomic E-state index is 12.6. The summed E-state index contributed by atoms with van der Waals surface area (Å²) in [6.07, 6.45) is -4.44.